The van der Waals surface area contributed by atoms with Gasteiger partial charge < -0.3 is 20.6 Å². The predicted octanol–water partition coefficient (Wildman–Crippen LogP) is 1.94. The van der Waals surface area contributed by atoms with Crippen molar-refractivity contribution in [2.24, 2.45) is 17.8 Å². The molecule has 8 heteroatoms. The lowest BCUT2D eigenvalue weighted by Gasteiger charge is -2.38. The Morgan fingerprint density at radius 3 is 2.64 bits per heavy atom. The highest BCUT2D eigenvalue weighted by Crippen LogP contribution is 2.68. The zero-order valence-electron chi connectivity index (χ0n) is 19.5. The minimum absolute atomic E-state index is 0.0523. The number of fused-ring (bicyclic) bond motifs is 1. The van der Waals surface area contributed by atoms with Gasteiger partial charge in [-0.1, -0.05) is 44.2 Å². The van der Waals surface area contributed by atoms with Crippen molar-refractivity contribution in [2.75, 3.05) is 19.7 Å². The first-order valence-corrected chi connectivity index (χ1v) is 13.0. The number of unbranched alkanes of at least 4 members (excludes halogenated alkanes) is 1. The number of thioether (sulfide) groups is 1. The van der Waals surface area contributed by atoms with Crippen LogP contribution in [0.25, 0.3) is 0 Å². The fourth-order valence-electron chi connectivity index (χ4n) is 6.00. The summed E-state index contributed by atoms with van der Waals surface area (Å²) in [5, 5.41) is 15.4. The number of nitrogens with one attached hydrogen (secondary N) is 2. The van der Waals surface area contributed by atoms with E-state index in [4.69, 9.17) is 0 Å². The van der Waals surface area contributed by atoms with Gasteiger partial charge in [0, 0.05) is 31.5 Å². The van der Waals surface area contributed by atoms with Crippen molar-refractivity contribution >= 4 is 29.5 Å². The highest BCUT2D eigenvalue weighted by Gasteiger charge is 2.75. The van der Waals surface area contributed by atoms with Crippen molar-refractivity contribution in [1.82, 2.24) is 15.5 Å². The normalized spacial score (nSPS) is 32.2. The van der Waals surface area contributed by atoms with Crippen LogP contribution in [-0.2, 0) is 20.9 Å². The smallest absolute Gasteiger partial charge is 0.244 e. The highest BCUT2D eigenvalue weighted by molar-refractivity contribution is 8.02. The summed E-state index contributed by atoms with van der Waals surface area (Å²) in [4.78, 5) is 42.3. The quantitative estimate of drug-likeness (QED) is 0.451. The van der Waals surface area contributed by atoms with Gasteiger partial charge >= 0.3 is 0 Å². The van der Waals surface area contributed by atoms with E-state index in [1.165, 1.54) is 0 Å². The maximum Gasteiger partial charge on any atom is 0.244 e. The van der Waals surface area contributed by atoms with Crippen LogP contribution in [0.5, 0.6) is 0 Å². The molecule has 3 aliphatic heterocycles. The van der Waals surface area contributed by atoms with Crippen LogP contribution < -0.4 is 10.6 Å². The summed E-state index contributed by atoms with van der Waals surface area (Å²) in [5.74, 6) is -0.986. The van der Waals surface area contributed by atoms with Crippen molar-refractivity contribution in [3.63, 3.8) is 0 Å². The van der Waals surface area contributed by atoms with Gasteiger partial charge in [-0.3, -0.25) is 14.4 Å². The molecule has 2 bridgehead atoms. The maximum absolute atomic E-state index is 13.8. The Bertz CT molecular complexity index is 882. The summed E-state index contributed by atoms with van der Waals surface area (Å²) >= 11 is 1.70. The molecule has 1 aromatic rings. The Hall–Kier alpha value is -2.06. The van der Waals surface area contributed by atoms with Gasteiger partial charge in [0.2, 0.25) is 17.7 Å². The third-order valence-electron chi connectivity index (χ3n) is 7.46. The van der Waals surface area contributed by atoms with Gasteiger partial charge in [-0.25, -0.2) is 0 Å². The molecule has 3 N–H and O–H groups in total. The second-order valence-electron chi connectivity index (χ2n) is 9.51. The molecule has 1 aromatic carbocycles. The van der Waals surface area contributed by atoms with Gasteiger partial charge in [-0.05, 0) is 37.2 Å². The van der Waals surface area contributed by atoms with Crippen molar-refractivity contribution in [3.8, 4) is 0 Å². The number of aliphatic hydroxyl groups is 1. The predicted molar refractivity (Wildman–Crippen MR) is 128 cm³/mol. The second-order valence-corrected chi connectivity index (χ2v) is 11.1. The van der Waals surface area contributed by atoms with E-state index in [1.54, 1.807) is 16.7 Å². The second kappa shape index (κ2) is 10.1. The summed E-state index contributed by atoms with van der Waals surface area (Å²) in [6, 6.07) is 9.14. The van der Waals surface area contributed by atoms with Crippen molar-refractivity contribution in [3.05, 3.63) is 35.9 Å². The molecular weight excluding hydrogens is 438 g/mol. The number of carbonyl (C=O) groups excluding carboxylic acids is 3. The summed E-state index contributed by atoms with van der Waals surface area (Å²) in [5.41, 5.74) is 1.00. The summed E-state index contributed by atoms with van der Waals surface area (Å²) in [6.07, 6.45) is 2.88. The van der Waals surface area contributed by atoms with Crippen LogP contribution in [0.4, 0.5) is 0 Å². The van der Waals surface area contributed by atoms with Crippen LogP contribution in [0.2, 0.25) is 0 Å². The fraction of sp³-hybridized carbons (Fsp3) is 0.640. The molecule has 3 unspecified atom stereocenters. The van der Waals surface area contributed by atoms with Crippen molar-refractivity contribution < 1.29 is 19.5 Å². The Balaban J connectivity index is 1.63. The molecule has 180 valence electrons. The molecule has 0 saturated carbocycles. The molecule has 0 aromatic heterocycles. The van der Waals surface area contributed by atoms with Crippen LogP contribution in [0, 0.1) is 17.8 Å². The van der Waals surface area contributed by atoms with E-state index in [0.717, 1.165) is 18.4 Å². The molecule has 6 atom stereocenters. The number of carbonyl (C=O) groups is 3. The van der Waals surface area contributed by atoms with Crippen LogP contribution in [0.15, 0.2) is 30.3 Å². The number of aliphatic hydroxyl groups excluding tert-OH is 1. The molecule has 3 fully saturated rings. The Labute approximate surface area is 200 Å². The summed E-state index contributed by atoms with van der Waals surface area (Å²) in [7, 11) is 0. The van der Waals surface area contributed by atoms with Gasteiger partial charge in [0.15, 0.2) is 0 Å². The molecular formula is C25H35N3O4S. The molecule has 1 spiro atoms. The largest absolute Gasteiger partial charge is 0.396 e. The molecule has 3 saturated heterocycles. The Morgan fingerprint density at radius 1 is 1.18 bits per heavy atom. The van der Waals surface area contributed by atoms with E-state index in [9.17, 15) is 19.5 Å². The zero-order chi connectivity index (χ0) is 23.6. The number of hydrogen-bond acceptors (Lipinski definition) is 5. The Kier molecular flexibility index (Phi) is 7.34. The van der Waals surface area contributed by atoms with E-state index in [2.05, 4.69) is 17.6 Å². The number of rotatable bonds is 10. The first kappa shape index (κ1) is 24.1. The van der Waals surface area contributed by atoms with Crippen LogP contribution in [0.1, 0.15) is 45.1 Å². The summed E-state index contributed by atoms with van der Waals surface area (Å²) in [6.45, 7) is 5.60. The molecule has 7 nitrogen and oxygen atoms in total. The van der Waals surface area contributed by atoms with Crippen LogP contribution in [0.3, 0.4) is 0 Å². The molecule has 0 radical (unpaired) electrons. The third-order valence-corrected chi connectivity index (χ3v) is 9.54. The minimum Gasteiger partial charge on any atom is -0.396 e. The first-order chi connectivity index (χ1) is 16.0. The highest BCUT2D eigenvalue weighted by atomic mass is 32.2. The van der Waals surface area contributed by atoms with E-state index in [1.807, 2.05) is 37.3 Å². The number of nitrogens with zero attached hydrogens (tertiary/aromatic N) is 1. The van der Waals surface area contributed by atoms with E-state index >= 15 is 0 Å². The molecule has 3 heterocycles. The number of likely N-dealkylation sites (tertiary alicyclic amines) is 1. The molecule has 33 heavy (non-hydrogen) atoms. The standard InChI is InChI=1S/C25H35N3O4S/c1-3-11-26-22(30)19-18-14-16(2)25(33-18)20(19)24(32)28(12-7-8-13-29)21(25)23(31)27-15-17-9-5-4-6-10-17/h4-6,9-10,16,18-21,29H,3,7-8,11-15H2,1-2H3,(H,26,30)(H,27,31)/t16?,18-,19+,20+,21?,25?/m1/s1. The van der Waals surface area contributed by atoms with Gasteiger partial charge in [0.1, 0.15) is 6.04 Å². The minimum atomic E-state index is -0.605. The number of amides is 3. The molecule has 3 amide bonds. The average molecular weight is 474 g/mol. The van der Waals surface area contributed by atoms with Crippen LogP contribution in [-0.4, -0.2) is 63.5 Å². The third kappa shape index (κ3) is 4.16. The van der Waals surface area contributed by atoms with Gasteiger partial charge in [0.25, 0.3) is 0 Å². The molecule has 4 rings (SSSR count). The molecule has 3 aliphatic rings. The lowest BCUT2D eigenvalue weighted by Crippen LogP contribution is -2.56. The lowest BCUT2D eigenvalue weighted by atomic mass is 9.66. The monoisotopic (exact) mass is 473 g/mol. The van der Waals surface area contributed by atoms with E-state index < -0.39 is 22.6 Å². The number of benzene rings is 1. The maximum atomic E-state index is 13.8. The van der Waals surface area contributed by atoms with Crippen molar-refractivity contribution in [2.45, 2.75) is 62.1 Å². The van der Waals surface area contributed by atoms with Gasteiger partial charge in [-0.15, -0.1) is 11.8 Å². The van der Waals surface area contributed by atoms with E-state index in [-0.39, 0.29) is 35.5 Å². The average Bonchev–Trinajstić information content (AvgIpc) is 3.41. The van der Waals surface area contributed by atoms with Crippen LogP contribution >= 0.6 is 11.8 Å². The SMILES string of the molecule is CCCNC(=O)[C@@H]1[C@H]2C(=O)N(CCCCO)C(C(=O)NCc3ccccc3)C23S[C@@H]1CC3C. The topological polar surface area (TPSA) is 98.7 Å². The van der Waals surface area contributed by atoms with Crippen molar-refractivity contribution in [1.29, 1.82) is 0 Å². The van der Waals surface area contributed by atoms with E-state index in [0.29, 0.717) is 32.5 Å². The van der Waals surface area contributed by atoms with Gasteiger partial charge in [-0.2, -0.15) is 0 Å². The lowest BCUT2D eigenvalue weighted by molar-refractivity contribution is -0.140. The van der Waals surface area contributed by atoms with Gasteiger partial charge in [0.05, 0.1) is 16.6 Å². The number of hydrogen-bond donors (Lipinski definition) is 3. The Morgan fingerprint density at radius 2 is 1.94 bits per heavy atom. The fourth-order valence-corrected chi connectivity index (χ4v) is 8.42. The zero-order valence-corrected chi connectivity index (χ0v) is 20.3. The summed E-state index contributed by atoms with van der Waals surface area (Å²) < 4.78 is -0.587. The molecule has 0 aliphatic carbocycles. The first-order valence-electron chi connectivity index (χ1n) is 12.1.